The number of piperidine rings is 1. The third kappa shape index (κ3) is 1.96. The highest BCUT2D eigenvalue weighted by atomic mass is 16.2. The Bertz CT molecular complexity index is 416. The van der Waals surface area contributed by atoms with Crippen LogP contribution in [0.1, 0.15) is 19.3 Å². The van der Waals surface area contributed by atoms with E-state index in [2.05, 4.69) is 16.6 Å². The maximum Gasteiger partial charge on any atom is 0.322 e. The van der Waals surface area contributed by atoms with Crippen LogP contribution in [-0.4, -0.2) is 41.4 Å². The van der Waals surface area contributed by atoms with E-state index in [1.54, 1.807) is 4.90 Å². The number of hydrogen-bond acceptors (Lipinski definition) is 3. The van der Waals surface area contributed by atoms with Crippen molar-refractivity contribution in [3.05, 3.63) is 0 Å². The van der Waals surface area contributed by atoms with E-state index < -0.39 is 11.6 Å². The zero-order chi connectivity index (χ0) is 12.5. The number of amides is 4. The zero-order valence-electron chi connectivity index (χ0n) is 9.28. The molecular weight excluding hydrogens is 222 g/mol. The quantitative estimate of drug-likeness (QED) is 0.462. The summed E-state index contributed by atoms with van der Waals surface area (Å²) < 4.78 is 0. The van der Waals surface area contributed by atoms with Crippen LogP contribution in [-0.2, 0) is 9.59 Å². The monoisotopic (exact) mass is 235 g/mol. The van der Waals surface area contributed by atoms with Gasteiger partial charge in [-0.1, -0.05) is 5.92 Å². The highest BCUT2D eigenvalue weighted by Crippen LogP contribution is 2.25. The lowest BCUT2D eigenvalue weighted by Crippen LogP contribution is -2.55. The fourth-order valence-corrected chi connectivity index (χ4v) is 2.22. The molecule has 0 aliphatic carbocycles. The number of hydrogen-bond donors (Lipinski definition) is 2. The van der Waals surface area contributed by atoms with Gasteiger partial charge in [-0.15, -0.1) is 6.42 Å². The Morgan fingerprint density at radius 1 is 1.41 bits per heavy atom. The first-order valence-electron chi connectivity index (χ1n) is 5.42. The van der Waals surface area contributed by atoms with Crippen molar-refractivity contribution < 1.29 is 14.4 Å². The molecule has 2 aliphatic rings. The normalized spacial score (nSPS) is 21.9. The van der Waals surface area contributed by atoms with Crippen LogP contribution >= 0.6 is 0 Å². The molecule has 0 aromatic heterocycles. The van der Waals surface area contributed by atoms with Gasteiger partial charge in [0.25, 0.3) is 5.91 Å². The first-order valence-corrected chi connectivity index (χ1v) is 5.42. The second-order valence-corrected chi connectivity index (χ2v) is 4.25. The minimum Gasteiger partial charge on any atom is -0.342 e. The molecule has 4 amide bonds. The number of urea groups is 1. The summed E-state index contributed by atoms with van der Waals surface area (Å²) in [7, 11) is 0. The Labute approximate surface area is 98.7 Å². The van der Waals surface area contributed by atoms with Gasteiger partial charge in [-0.3, -0.25) is 14.9 Å². The molecule has 6 nitrogen and oxygen atoms in total. The van der Waals surface area contributed by atoms with Gasteiger partial charge in [0.2, 0.25) is 5.91 Å². The number of carbonyl (C=O) groups excluding carboxylic acids is 3. The Hall–Kier alpha value is -2.03. The number of nitrogens with zero attached hydrogens (tertiary/aromatic N) is 1. The molecule has 2 heterocycles. The molecular formula is C11H13N3O3. The number of likely N-dealkylation sites (tertiary alicyclic amines) is 1. The standard InChI is InChI=1S/C11H13N3O3/c1-2-3-8(15)14-6-4-11(5-7-14)9(16)12-10(17)13-11/h1H,3-7H2,(H2,12,13,16,17). The molecule has 0 radical (unpaired) electrons. The molecule has 1 spiro atoms. The van der Waals surface area contributed by atoms with E-state index in [-0.39, 0.29) is 18.2 Å². The zero-order valence-corrected chi connectivity index (χ0v) is 9.28. The predicted octanol–water partition coefficient (Wildman–Crippen LogP) is -0.790. The van der Waals surface area contributed by atoms with Crippen LogP contribution in [0.5, 0.6) is 0 Å². The summed E-state index contributed by atoms with van der Waals surface area (Å²) in [6.07, 6.45) is 6.01. The van der Waals surface area contributed by atoms with Crippen molar-refractivity contribution in [2.24, 2.45) is 0 Å². The van der Waals surface area contributed by atoms with Crippen molar-refractivity contribution in [2.45, 2.75) is 24.8 Å². The number of carbonyl (C=O) groups is 3. The van der Waals surface area contributed by atoms with Gasteiger partial charge in [0.15, 0.2) is 0 Å². The molecule has 2 aliphatic heterocycles. The SMILES string of the molecule is C#CCC(=O)N1CCC2(CC1)NC(=O)NC2=O. The van der Waals surface area contributed by atoms with Crippen molar-refractivity contribution in [3.63, 3.8) is 0 Å². The molecule has 2 fully saturated rings. The fraction of sp³-hybridized carbons (Fsp3) is 0.545. The van der Waals surface area contributed by atoms with E-state index in [4.69, 9.17) is 6.42 Å². The van der Waals surface area contributed by atoms with Gasteiger partial charge < -0.3 is 10.2 Å². The van der Waals surface area contributed by atoms with E-state index in [1.807, 2.05) is 0 Å². The summed E-state index contributed by atoms with van der Waals surface area (Å²) in [6.45, 7) is 0.877. The highest BCUT2D eigenvalue weighted by Gasteiger charge is 2.48. The largest absolute Gasteiger partial charge is 0.342 e. The molecule has 0 saturated carbocycles. The second-order valence-electron chi connectivity index (χ2n) is 4.25. The van der Waals surface area contributed by atoms with Gasteiger partial charge >= 0.3 is 6.03 Å². The Balaban J connectivity index is 1.99. The Morgan fingerprint density at radius 2 is 2.06 bits per heavy atom. The van der Waals surface area contributed by atoms with Gasteiger partial charge in [-0.25, -0.2) is 4.79 Å². The van der Waals surface area contributed by atoms with Gasteiger partial charge in [-0.2, -0.15) is 0 Å². The number of rotatable bonds is 1. The molecule has 2 saturated heterocycles. The lowest BCUT2D eigenvalue weighted by atomic mass is 9.87. The first-order chi connectivity index (χ1) is 8.07. The third-order valence-electron chi connectivity index (χ3n) is 3.24. The number of nitrogens with one attached hydrogen (secondary N) is 2. The lowest BCUT2D eigenvalue weighted by Gasteiger charge is -2.36. The molecule has 6 heteroatoms. The van der Waals surface area contributed by atoms with E-state index in [0.29, 0.717) is 25.9 Å². The molecule has 0 atom stereocenters. The van der Waals surface area contributed by atoms with E-state index >= 15 is 0 Å². The van der Waals surface area contributed by atoms with Crippen LogP contribution in [0, 0.1) is 12.3 Å². The van der Waals surface area contributed by atoms with Crippen LogP contribution in [0.4, 0.5) is 4.79 Å². The summed E-state index contributed by atoms with van der Waals surface area (Å²) in [5, 5.41) is 4.85. The van der Waals surface area contributed by atoms with Crippen molar-refractivity contribution in [1.29, 1.82) is 0 Å². The van der Waals surface area contributed by atoms with Crippen LogP contribution < -0.4 is 10.6 Å². The predicted molar refractivity (Wildman–Crippen MR) is 58.7 cm³/mol. The average molecular weight is 235 g/mol. The van der Waals surface area contributed by atoms with Crippen molar-refractivity contribution in [2.75, 3.05) is 13.1 Å². The molecule has 0 aromatic rings. The van der Waals surface area contributed by atoms with Crippen molar-refractivity contribution >= 4 is 17.8 Å². The summed E-state index contributed by atoms with van der Waals surface area (Å²) >= 11 is 0. The molecule has 0 unspecified atom stereocenters. The summed E-state index contributed by atoms with van der Waals surface area (Å²) in [6, 6.07) is -0.460. The van der Waals surface area contributed by atoms with Crippen LogP contribution in [0.2, 0.25) is 0 Å². The van der Waals surface area contributed by atoms with Gasteiger partial charge in [0.1, 0.15) is 5.54 Å². The van der Waals surface area contributed by atoms with Gasteiger partial charge in [0, 0.05) is 13.1 Å². The maximum atomic E-state index is 11.6. The Kier molecular flexibility index (Phi) is 2.76. The lowest BCUT2D eigenvalue weighted by molar-refractivity contribution is -0.134. The van der Waals surface area contributed by atoms with E-state index in [9.17, 15) is 14.4 Å². The molecule has 0 bridgehead atoms. The smallest absolute Gasteiger partial charge is 0.322 e. The minimum absolute atomic E-state index is 0.0750. The average Bonchev–Trinajstić information content (AvgIpc) is 2.55. The van der Waals surface area contributed by atoms with Crippen LogP contribution in [0.15, 0.2) is 0 Å². The fourth-order valence-electron chi connectivity index (χ4n) is 2.22. The second kappa shape index (κ2) is 4.09. The molecule has 2 rings (SSSR count). The molecule has 2 N–H and O–H groups in total. The van der Waals surface area contributed by atoms with E-state index in [1.165, 1.54) is 0 Å². The highest BCUT2D eigenvalue weighted by molar-refractivity contribution is 6.07. The Morgan fingerprint density at radius 3 is 2.53 bits per heavy atom. The summed E-state index contributed by atoms with van der Waals surface area (Å²) in [4.78, 5) is 35.9. The van der Waals surface area contributed by atoms with Gasteiger partial charge in [-0.05, 0) is 12.8 Å². The van der Waals surface area contributed by atoms with Crippen molar-refractivity contribution in [1.82, 2.24) is 15.5 Å². The minimum atomic E-state index is -0.829. The maximum absolute atomic E-state index is 11.6. The number of imide groups is 1. The van der Waals surface area contributed by atoms with E-state index in [0.717, 1.165) is 0 Å². The van der Waals surface area contributed by atoms with Crippen LogP contribution in [0.3, 0.4) is 0 Å². The molecule has 0 aromatic carbocycles. The first kappa shape index (κ1) is 11.5. The van der Waals surface area contributed by atoms with Gasteiger partial charge in [0.05, 0.1) is 6.42 Å². The molecule has 17 heavy (non-hydrogen) atoms. The number of terminal acetylenes is 1. The molecule has 90 valence electrons. The summed E-state index contributed by atoms with van der Waals surface area (Å²) in [5.74, 6) is 1.90. The third-order valence-corrected chi connectivity index (χ3v) is 3.24. The van der Waals surface area contributed by atoms with Crippen LogP contribution in [0.25, 0.3) is 0 Å². The van der Waals surface area contributed by atoms with Crippen molar-refractivity contribution in [3.8, 4) is 12.3 Å². The summed E-state index contributed by atoms with van der Waals surface area (Å²) in [5.41, 5.74) is -0.829. The topological polar surface area (TPSA) is 78.5 Å².